The van der Waals surface area contributed by atoms with Gasteiger partial charge in [0, 0.05) is 18.7 Å². The van der Waals surface area contributed by atoms with Gasteiger partial charge in [-0.2, -0.15) is 13.8 Å². The van der Waals surface area contributed by atoms with Gasteiger partial charge in [-0.05, 0) is 12.5 Å². The number of amides is 3. The number of imide groups is 1. The number of hydrogen-bond acceptors (Lipinski definition) is 7. The van der Waals surface area contributed by atoms with Crippen molar-refractivity contribution in [2.75, 3.05) is 18.5 Å². The first-order valence-electron chi connectivity index (χ1n) is 8.20. The maximum absolute atomic E-state index is 14.1. The summed E-state index contributed by atoms with van der Waals surface area (Å²) in [5, 5.41) is 20.8. The van der Waals surface area contributed by atoms with Crippen molar-refractivity contribution in [2.45, 2.75) is 37.7 Å². The van der Waals surface area contributed by atoms with Crippen LogP contribution in [0.4, 0.5) is 19.4 Å². The molecule has 3 N–H and O–H groups in total. The molecule has 3 heterocycles. The Morgan fingerprint density at radius 3 is 2.70 bits per heavy atom. The minimum atomic E-state index is -3.83. The van der Waals surface area contributed by atoms with Crippen molar-refractivity contribution in [3.63, 3.8) is 0 Å². The normalized spacial score (nSPS) is 30.0. The first kappa shape index (κ1) is 19.3. The SMILES string of the molecule is CC1CCN(C(=O)Nc2ccn([C@@H]3O[C@H](CO)[C@@H](O)C3(F)F)c(=O)n2)C1=O. The van der Waals surface area contributed by atoms with Gasteiger partial charge in [0.2, 0.25) is 12.1 Å². The molecule has 27 heavy (non-hydrogen) atoms. The zero-order chi connectivity index (χ0) is 19.9. The first-order chi connectivity index (χ1) is 12.7. The zero-order valence-corrected chi connectivity index (χ0v) is 14.2. The smallest absolute Gasteiger partial charge is 0.351 e. The Hall–Kier alpha value is -2.44. The second-order valence-electron chi connectivity index (χ2n) is 6.44. The molecule has 12 heteroatoms. The van der Waals surface area contributed by atoms with E-state index >= 15 is 0 Å². The third-order valence-electron chi connectivity index (χ3n) is 4.60. The van der Waals surface area contributed by atoms with E-state index in [1.807, 2.05) is 0 Å². The molecule has 3 rings (SSSR count). The molecule has 0 bridgehead atoms. The van der Waals surface area contributed by atoms with Gasteiger partial charge in [-0.15, -0.1) is 0 Å². The van der Waals surface area contributed by atoms with Gasteiger partial charge in [0.05, 0.1) is 6.61 Å². The number of halogens is 2. The van der Waals surface area contributed by atoms with Crippen LogP contribution in [-0.2, 0) is 9.53 Å². The molecule has 2 fully saturated rings. The summed E-state index contributed by atoms with van der Waals surface area (Å²) in [5.41, 5.74) is -1.16. The van der Waals surface area contributed by atoms with E-state index in [1.165, 1.54) is 0 Å². The Morgan fingerprint density at radius 2 is 2.19 bits per heavy atom. The maximum Gasteiger partial charge on any atom is 0.351 e. The van der Waals surface area contributed by atoms with Crippen LogP contribution in [0.5, 0.6) is 0 Å². The first-order valence-corrected chi connectivity index (χ1v) is 8.20. The standard InChI is InChI=1S/C15H18F2N4O6/c1-7-2-4-20(11(7)24)13(25)18-9-3-5-21(14(26)19-9)12-15(16,17)10(23)8(6-22)27-12/h3,5,7-8,10,12,22-23H,2,4,6H2,1H3,(H,18,19,25,26)/t7?,8-,10-,12-/m1/s1. The Bertz CT molecular complexity index is 816. The molecule has 4 atom stereocenters. The van der Waals surface area contributed by atoms with Crippen LogP contribution in [0.25, 0.3) is 0 Å². The lowest BCUT2D eigenvalue weighted by molar-refractivity contribution is -0.140. The van der Waals surface area contributed by atoms with E-state index in [0.29, 0.717) is 11.0 Å². The van der Waals surface area contributed by atoms with Crippen LogP contribution in [0.2, 0.25) is 0 Å². The molecule has 2 saturated heterocycles. The van der Waals surface area contributed by atoms with Crippen LogP contribution >= 0.6 is 0 Å². The molecule has 0 spiro atoms. The second-order valence-corrected chi connectivity index (χ2v) is 6.44. The summed E-state index contributed by atoms with van der Waals surface area (Å²) in [6, 6.07) is 0.314. The fourth-order valence-corrected chi connectivity index (χ4v) is 2.98. The van der Waals surface area contributed by atoms with Gasteiger partial charge in [0.25, 0.3) is 0 Å². The Balaban J connectivity index is 1.78. The van der Waals surface area contributed by atoms with Crippen molar-refractivity contribution in [2.24, 2.45) is 5.92 Å². The zero-order valence-electron chi connectivity index (χ0n) is 14.2. The number of aliphatic hydroxyl groups is 2. The number of anilines is 1. The number of rotatable bonds is 3. The number of nitrogens with one attached hydrogen (secondary N) is 1. The predicted octanol–water partition coefficient (Wildman–Crippen LogP) is -0.471. The lowest BCUT2D eigenvalue weighted by Crippen LogP contribution is -2.42. The Kier molecular flexibility index (Phi) is 4.97. The number of carbonyl (C=O) groups is 2. The van der Waals surface area contributed by atoms with Gasteiger partial charge in [0.15, 0.2) is 6.10 Å². The maximum atomic E-state index is 14.1. The molecule has 0 aliphatic carbocycles. The largest absolute Gasteiger partial charge is 0.394 e. The average Bonchev–Trinajstić information content (AvgIpc) is 3.06. The molecule has 0 saturated carbocycles. The van der Waals surface area contributed by atoms with Gasteiger partial charge in [-0.3, -0.25) is 19.6 Å². The molecule has 0 radical (unpaired) electrons. The highest BCUT2D eigenvalue weighted by Gasteiger charge is 2.59. The minimum absolute atomic E-state index is 0.228. The molecular weight excluding hydrogens is 370 g/mol. The topological polar surface area (TPSA) is 134 Å². The molecule has 2 aliphatic rings. The fraction of sp³-hybridized carbons (Fsp3) is 0.600. The number of aromatic nitrogens is 2. The highest BCUT2D eigenvalue weighted by Crippen LogP contribution is 2.41. The van der Waals surface area contributed by atoms with E-state index in [2.05, 4.69) is 10.3 Å². The van der Waals surface area contributed by atoms with E-state index in [1.54, 1.807) is 6.92 Å². The number of hydrogen-bond donors (Lipinski definition) is 3. The fourth-order valence-electron chi connectivity index (χ4n) is 2.98. The molecule has 148 valence electrons. The average molecular weight is 388 g/mol. The third kappa shape index (κ3) is 3.31. The lowest BCUT2D eigenvalue weighted by atomic mass is 10.1. The summed E-state index contributed by atoms with van der Waals surface area (Å²) in [7, 11) is 0. The van der Waals surface area contributed by atoms with E-state index < -0.39 is 42.7 Å². The number of carbonyl (C=O) groups excluding carboxylic acids is 2. The van der Waals surface area contributed by atoms with Crippen LogP contribution < -0.4 is 11.0 Å². The molecule has 2 aliphatic heterocycles. The van der Waals surface area contributed by atoms with Crippen molar-refractivity contribution < 1.29 is 33.3 Å². The summed E-state index contributed by atoms with van der Waals surface area (Å²) >= 11 is 0. The van der Waals surface area contributed by atoms with Crippen molar-refractivity contribution in [1.82, 2.24) is 14.5 Å². The molecule has 1 aromatic rings. The van der Waals surface area contributed by atoms with Crippen molar-refractivity contribution in [1.29, 1.82) is 0 Å². The predicted molar refractivity (Wildman–Crippen MR) is 85.0 cm³/mol. The van der Waals surface area contributed by atoms with Crippen LogP contribution in [0.15, 0.2) is 17.1 Å². The summed E-state index contributed by atoms with van der Waals surface area (Å²) < 4.78 is 33.5. The molecule has 1 aromatic heterocycles. The molecule has 0 aromatic carbocycles. The number of alkyl halides is 2. The number of nitrogens with zero attached hydrogens (tertiary/aromatic N) is 3. The van der Waals surface area contributed by atoms with Crippen LogP contribution in [-0.4, -0.2) is 67.9 Å². The van der Waals surface area contributed by atoms with E-state index in [9.17, 15) is 28.3 Å². The molecule has 1 unspecified atom stereocenters. The van der Waals surface area contributed by atoms with Crippen molar-refractivity contribution in [3.05, 3.63) is 22.7 Å². The second kappa shape index (κ2) is 6.94. The summed E-state index contributed by atoms with van der Waals surface area (Å²) in [4.78, 5) is 40.5. The van der Waals surface area contributed by atoms with E-state index in [-0.39, 0.29) is 24.2 Å². The van der Waals surface area contributed by atoms with Crippen LogP contribution in [0.1, 0.15) is 19.6 Å². The monoisotopic (exact) mass is 388 g/mol. The number of aliphatic hydroxyl groups excluding tert-OH is 2. The number of likely N-dealkylation sites (tertiary alicyclic amines) is 1. The van der Waals surface area contributed by atoms with E-state index in [4.69, 9.17) is 9.84 Å². The summed E-state index contributed by atoms with van der Waals surface area (Å²) in [5.74, 6) is -4.70. The molecular formula is C15H18F2N4O6. The number of ether oxygens (including phenoxy) is 1. The van der Waals surface area contributed by atoms with Crippen LogP contribution in [0.3, 0.4) is 0 Å². The van der Waals surface area contributed by atoms with E-state index in [0.717, 1.165) is 17.2 Å². The Morgan fingerprint density at radius 1 is 1.48 bits per heavy atom. The highest BCUT2D eigenvalue weighted by molar-refractivity contribution is 6.02. The van der Waals surface area contributed by atoms with Gasteiger partial charge in [-0.1, -0.05) is 6.92 Å². The number of urea groups is 1. The molecule has 3 amide bonds. The third-order valence-corrected chi connectivity index (χ3v) is 4.60. The highest BCUT2D eigenvalue weighted by atomic mass is 19.3. The van der Waals surface area contributed by atoms with Gasteiger partial charge in [0.1, 0.15) is 11.9 Å². The van der Waals surface area contributed by atoms with Gasteiger partial charge in [-0.25, -0.2) is 9.59 Å². The quantitative estimate of drug-likeness (QED) is 0.637. The summed E-state index contributed by atoms with van der Waals surface area (Å²) in [6.45, 7) is 1.06. The summed E-state index contributed by atoms with van der Waals surface area (Å²) in [6.07, 6.45) is -4.56. The van der Waals surface area contributed by atoms with Crippen LogP contribution in [0, 0.1) is 5.92 Å². The van der Waals surface area contributed by atoms with Gasteiger partial charge < -0.3 is 14.9 Å². The molecule has 10 nitrogen and oxygen atoms in total. The minimum Gasteiger partial charge on any atom is -0.394 e. The lowest BCUT2D eigenvalue weighted by Gasteiger charge is -2.21. The van der Waals surface area contributed by atoms with Crippen molar-refractivity contribution in [3.8, 4) is 0 Å². The van der Waals surface area contributed by atoms with Crippen molar-refractivity contribution >= 4 is 17.8 Å². The van der Waals surface area contributed by atoms with Gasteiger partial charge >= 0.3 is 17.6 Å². The Labute approximate surface area is 151 Å².